The molecule has 0 aliphatic heterocycles. The van der Waals surface area contributed by atoms with Gasteiger partial charge in [0.1, 0.15) is 5.60 Å². The quantitative estimate of drug-likeness (QED) is 0.731. The van der Waals surface area contributed by atoms with Gasteiger partial charge in [-0.25, -0.2) is 4.79 Å². The van der Waals surface area contributed by atoms with Gasteiger partial charge < -0.3 is 15.0 Å². The van der Waals surface area contributed by atoms with Gasteiger partial charge in [-0.2, -0.15) is 0 Å². The van der Waals surface area contributed by atoms with Crippen LogP contribution in [0.15, 0.2) is 42.6 Å². The van der Waals surface area contributed by atoms with E-state index < -0.39 is 17.7 Å². The summed E-state index contributed by atoms with van der Waals surface area (Å²) >= 11 is 0. The number of alkyl carbamates (subject to hydrolysis) is 1. The van der Waals surface area contributed by atoms with Crippen LogP contribution in [0.25, 0.3) is 0 Å². The molecule has 0 fully saturated rings. The Hall–Kier alpha value is -2.30. The molecule has 25 heavy (non-hydrogen) atoms. The Kier molecular flexibility index (Phi) is 8.19. The average molecular weight is 346 g/mol. The third kappa shape index (κ3) is 8.38. The summed E-state index contributed by atoms with van der Waals surface area (Å²) in [5.41, 5.74) is 0.370. The second-order valence-corrected chi connectivity index (χ2v) is 6.83. The van der Waals surface area contributed by atoms with Crippen LogP contribution in [-0.2, 0) is 16.0 Å². The first-order valence-electron chi connectivity index (χ1n) is 8.74. The summed E-state index contributed by atoms with van der Waals surface area (Å²) in [6, 6.07) is 8.95. The van der Waals surface area contributed by atoms with Gasteiger partial charge >= 0.3 is 6.09 Å². The van der Waals surface area contributed by atoms with Gasteiger partial charge in [0.2, 0.25) is 0 Å². The highest BCUT2D eigenvalue weighted by molar-refractivity contribution is 5.96. The maximum atomic E-state index is 12.6. The van der Waals surface area contributed by atoms with Gasteiger partial charge in [-0.05, 0) is 46.3 Å². The Balaban J connectivity index is 2.86. The fourth-order valence-electron chi connectivity index (χ4n) is 2.25. The Labute approximate surface area is 151 Å². The van der Waals surface area contributed by atoms with E-state index in [2.05, 4.69) is 5.32 Å². The van der Waals surface area contributed by atoms with Crippen LogP contribution in [-0.4, -0.2) is 41.5 Å². The molecule has 138 valence electrons. The zero-order chi connectivity index (χ0) is 18.9. The number of hydrogen-bond acceptors (Lipinski definition) is 4. The highest BCUT2D eigenvalue weighted by atomic mass is 16.6. The van der Waals surface area contributed by atoms with Crippen LogP contribution in [0.1, 0.15) is 40.2 Å². The Morgan fingerprint density at radius 2 is 1.76 bits per heavy atom. The number of hydrogen-bond donors (Lipinski definition) is 1. The summed E-state index contributed by atoms with van der Waals surface area (Å²) in [5.74, 6) is -0.151. The highest BCUT2D eigenvalue weighted by Crippen LogP contribution is 2.09. The summed E-state index contributed by atoms with van der Waals surface area (Å²) in [6.07, 6.45) is 3.13. The third-order valence-electron chi connectivity index (χ3n) is 3.58. The minimum atomic E-state index is -0.663. The second kappa shape index (κ2) is 9.87. The summed E-state index contributed by atoms with van der Waals surface area (Å²) in [7, 11) is 0. The fourth-order valence-corrected chi connectivity index (χ4v) is 2.25. The Bertz CT molecular complexity index is 572. The molecule has 0 heterocycles. The van der Waals surface area contributed by atoms with Crippen LogP contribution >= 0.6 is 0 Å². The molecule has 0 saturated carbocycles. The topological polar surface area (TPSA) is 58.6 Å². The van der Waals surface area contributed by atoms with Gasteiger partial charge in [-0.3, -0.25) is 4.79 Å². The molecule has 1 atom stereocenters. The number of carbonyl (C=O) groups is 2. The van der Waals surface area contributed by atoms with E-state index in [0.717, 1.165) is 18.7 Å². The van der Waals surface area contributed by atoms with Crippen LogP contribution < -0.4 is 5.32 Å². The predicted octanol–water partition coefficient (Wildman–Crippen LogP) is 3.55. The SMILES string of the molecule is CCN(/C=C/C(=O)[C@H](Cc1ccccc1)NC(=O)OC(C)(C)C)CC. The molecule has 1 amide bonds. The van der Waals surface area contributed by atoms with E-state index in [4.69, 9.17) is 4.74 Å². The minimum Gasteiger partial charge on any atom is -0.444 e. The molecule has 1 N–H and O–H groups in total. The lowest BCUT2D eigenvalue weighted by Crippen LogP contribution is -2.44. The van der Waals surface area contributed by atoms with Crippen LogP contribution in [0.3, 0.4) is 0 Å². The van der Waals surface area contributed by atoms with Crippen LogP contribution in [0.2, 0.25) is 0 Å². The van der Waals surface area contributed by atoms with E-state index >= 15 is 0 Å². The molecule has 5 heteroatoms. The first-order chi connectivity index (χ1) is 11.7. The summed E-state index contributed by atoms with van der Waals surface area (Å²) in [4.78, 5) is 26.7. The molecular weight excluding hydrogens is 316 g/mol. The van der Waals surface area contributed by atoms with Crippen molar-refractivity contribution in [2.45, 2.75) is 52.7 Å². The highest BCUT2D eigenvalue weighted by Gasteiger charge is 2.23. The van der Waals surface area contributed by atoms with E-state index in [-0.39, 0.29) is 5.78 Å². The standard InChI is InChI=1S/C20H30N2O3/c1-6-22(7-2)14-13-18(23)17(15-16-11-9-8-10-12-16)21-19(24)25-20(3,4)5/h8-14,17H,6-7,15H2,1-5H3,(H,21,24)/b14-13+/t17-/m0/s1. The van der Waals surface area contributed by atoms with E-state index in [1.54, 1.807) is 27.0 Å². The summed E-state index contributed by atoms with van der Waals surface area (Å²) in [5, 5.41) is 2.70. The average Bonchev–Trinajstić information content (AvgIpc) is 2.54. The molecule has 0 radical (unpaired) electrons. The van der Waals surface area contributed by atoms with Crippen molar-refractivity contribution in [2.75, 3.05) is 13.1 Å². The summed E-state index contributed by atoms with van der Waals surface area (Å²) < 4.78 is 5.29. The van der Waals surface area contributed by atoms with E-state index in [1.807, 2.05) is 49.1 Å². The lowest BCUT2D eigenvalue weighted by Gasteiger charge is -2.23. The lowest BCUT2D eigenvalue weighted by atomic mass is 10.0. The minimum absolute atomic E-state index is 0.151. The first kappa shape index (κ1) is 20.7. The molecule has 0 saturated heterocycles. The molecule has 0 bridgehead atoms. The van der Waals surface area contributed by atoms with E-state index in [0.29, 0.717) is 6.42 Å². The normalized spacial score (nSPS) is 12.7. The van der Waals surface area contributed by atoms with Crippen LogP contribution in [0, 0.1) is 0 Å². The molecule has 0 spiro atoms. The fraction of sp³-hybridized carbons (Fsp3) is 0.500. The van der Waals surface area contributed by atoms with E-state index in [9.17, 15) is 9.59 Å². The number of rotatable bonds is 8. The van der Waals surface area contributed by atoms with Crippen LogP contribution in [0.4, 0.5) is 4.79 Å². The molecule has 1 rings (SSSR count). The Morgan fingerprint density at radius 3 is 2.28 bits per heavy atom. The largest absolute Gasteiger partial charge is 0.444 e. The maximum Gasteiger partial charge on any atom is 0.408 e. The third-order valence-corrected chi connectivity index (χ3v) is 3.58. The van der Waals surface area contributed by atoms with Crippen molar-refractivity contribution >= 4 is 11.9 Å². The molecule has 0 aliphatic rings. The number of carbonyl (C=O) groups excluding carboxylic acids is 2. The predicted molar refractivity (Wildman–Crippen MR) is 100 cm³/mol. The van der Waals surface area contributed by atoms with E-state index in [1.165, 1.54) is 6.08 Å². The zero-order valence-electron chi connectivity index (χ0n) is 15.9. The smallest absolute Gasteiger partial charge is 0.408 e. The number of benzene rings is 1. The molecule has 1 aromatic rings. The molecule has 5 nitrogen and oxygen atoms in total. The van der Waals surface area contributed by atoms with Gasteiger partial charge in [0.15, 0.2) is 5.78 Å². The number of ether oxygens (including phenoxy) is 1. The van der Waals surface area contributed by atoms with Crippen molar-refractivity contribution in [3.63, 3.8) is 0 Å². The number of nitrogens with one attached hydrogen (secondary N) is 1. The van der Waals surface area contributed by atoms with Crippen LogP contribution in [0.5, 0.6) is 0 Å². The monoisotopic (exact) mass is 346 g/mol. The second-order valence-electron chi connectivity index (χ2n) is 6.83. The molecule has 0 aliphatic carbocycles. The van der Waals surface area contributed by atoms with Gasteiger partial charge in [0, 0.05) is 25.7 Å². The Morgan fingerprint density at radius 1 is 1.16 bits per heavy atom. The number of amides is 1. The number of ketones is 1. The number of nitrogens with zero attached hydrogens (tertiary/aromatic N) is 1. The molecule has 0 unspecified atom stereocenters. The van der Waals surface area contributed by atoms with Crippen molar-refractivity contribution in [2.24, 2.45) is 0 Å². The van der Waals surface area contributed by atoms with Crippen molar-refractivity contribution in [1.29, 1.82) is 0 Å². The van der Waals surface area contributed by atoms with Crippen molar-refractivity contribution in [1.82, 2.24) is 10.2 Å². The zero-order valence-corrected chi connectivity index (χ0v) is 15.9. The van der Waals surface area contributed by atoms with Crippen molar-refractivity contribution in [3.8, 4) is 0 Å². The molecule has 0 aromatic heterocycles. The van der Waals surface area contributed by atoms with Gasteiger partial charge in [-0.1, -0.05) is 30.3 Å². The summed E-state index contributed by atoms with van der Waals surface area (Å²) in [6.45, 7) is 11.1. The molecule has 1 aromatic carbocycles. The van der Waals surface area contributed by atoms with Gasteiger partial charge in [-0.15, -0.1) is 0 Å². The lowest BCUT2D eigenvalue weighted by molar-refractivity contribution is -0.116. The van der Waals surface area contributed by atoms with Gasteiger partial charge in [0.25, 0.3) is 0 Å². The first-order valence-corrected chi connectivity index (χ1v) is 8.74. The molecular formula is C20H30N2O3. The maximum absolute atomic E-state index is 12.6. The van der Waals surface area contributed by atoms with Crippen molar-refractivity contribution in [3.05, 3.63) is 48.2 Å². The van der Waals surface area contributed by atoms with Gasteiger partial charge in [0.05, 0.1) is 6.04 Å². The van der Waals surface area contributed by atoms with Crippen molar-refractivity contribution < 1.29 is 14.3 Å².